The molecule has 0 saturated carbocycles. The number of aliphatic hydroxyl groups is 1. The Balaban J connectivity index is 1.18. The van der Waals surface area contributed by atoms with E-state index < -0.39 is 6.10 Å². The Labute approximate surface area is 169 Å². The normalized spacial score (nSPS) is 32.3. The van der Waals surface area contributed by atoms with E-state index in [9.17, 15) is 14.3 Å². The fraction of sp³-hybridized carbons (Fsp3) is 0.667. The first-order chi connectivity index (χ1) is 14.1. The van der Waals surface area contributed by atoms with Gasteiger partial charge in [0.15, 0.2) is 0 Å². The lowest BCUT2D eigenvalue weighted by Crippen LogP contribution is -2.44. The van der Waals surface area contributed by atoms with Crippen LogP contribution in [0.2, 0.25) is 0 Å². The van der Waals surface area contributed by atoms with Gasteiger partial charge in [-0.3, -0.25) is 4.79 Å². The minimum Gasteiger partial charge on any atom is -0.388 e. The molecule has 3 heterocycles. The summed E-state index contributed by atoms with van der Waals surface area (Å²) in [5.41, 5.74) is 0.836. The van der Waals surface area contributed by atoms with Gasteiger partial charge in [0.05, 0.1) is 24.7 Å². The second kappa shape index (κ2) is 9.49. The summed E-state index contributed by atoms with van der Waals surface area (Å²) in [4.78, 5) is 12.2. The smallest absolute Gasteiger partial charge is 0.222 e. The maximum absolute atomic E-state index is 12.9. The van der Waals surface area contributed by atoms with Gasteiger partial charge < -0.3 is 30.0 Å². The zero-order valence-electron chi connectivity index (χ0n) is 16.4. The third kappa shape index (κ3) is 5.32. The summed E-state index contributed by atoms with van der Waals surface area (Å²) in [7, 11) is 0. The summed E-state index contributed by atoms with van der Waals surface area (Å²) in [5, 5.41) is 16.8. The number of hydrogen-bond donors (Lipinski definition) is 3. The summed E-state index contributed by atoms with van der Waals surface area (Å²) >= 11 is 0. The molecule has 3 fully saturated rings. The van der Waals surface area contributed by atoms with Crippen molar-refractivity contribution in [3.05, 3.63) is 35.6 Å². The highest BCUT2D eigenvalue weighted by Gasteiger charge is 2.50. The largest absolute Gasteiger partial charge is 0.388 e. The number of rotatable bonds is 7. The molecular formula is C21H29FN2O5. The highest BCUT2D eigenvalue weighted by Crippen LogP contribution is 2.35. The van der Waals surface area contributed by atoms with Gasteiger partial charge in [0.2, 0.25) is 5.91 Å². The molecule has 3 aliphatic heterocycles. The number of hydrogen-bond acceptors (Lipinski definition) is 6. The highest BCUT2D eigenvalue weighted by atomic mass is 19.1. The summed E-state index contributed by atoms with van der Waals surface area (Å²) in [6.07, 6.45) is 0.947. The van der Waals surface area contributed by atoms with Crippen molar-refractivity contribution in [2.45, 2.75) is 68.8 Å². The topological polar surface area (TPSA) is 89.1 Å². The van der Waals surface area contributed by atoms with Gasteiger partial charge in [-0.05, 0) is 30.5 Å². The molecule has 3 aliphatic rings. The zero-order chi connectivity index (χ0) is 20.2. The number of carbonyl (C=O) groups excluding carboxylic acids is 1. The van der Waals surface area contributed by atoms with Crippen molar-refractivity contribution in [2.75, 3.05) is 19.8 Å². The molecule has 7 nitrogen and oxygen atoms in total. The Morgan fingerprint density at radius 2 is 1.93 bits per heavy atom. The average Bonchev–Trinajstić information content (AvgIpc) is 3.25. The number of benzene rings is 1. The van der Waals surface area contributed by atoms with Crippen molar-refractivity contribution >= 4 is 5.91 Å². The quantitative estimate of drug-likeness (QED) is 0.621. The Bertz CT molecular complexity index is 682. The second-order valence-corrected chi connectivity index (χ2v) is 8.06. The number of amides is 1. The molecule has 0 radical (unpaired) electrons. The van der Waals surface area contributed by atoms with Crippen LogP contribution in [0.5, 0.6) is 0 Å². The van der Waals surface area contributed by atoms with Gasteiger partial charge in [-0.15, -0.1) is 0 Å². The number of nitrogens with one attached hydrogen (secondary N) is 2. The van der Waals surface area contributed by atoms with Crippen molar-refractivity contribution in [1.82, 2.24) is 10.6 Å². The first kappa shape index (κ1) is 20.7. The van der Waals surface area contributed by atoms with Crippen molar-refractivity contribution < 1.29 is 28.5 Å². The van der Waals surface area contributed by atoms with E-state index in [1.165, 1.54) is 12.1 Å². The maximum atomic E-state index is 12.9. The predicted molar refractivity (Wildman–Crippen MR) is 103 cm³/mol. The van der Waals surface area contributed by atoms with Crippen LogP contribution in [0.15, 0.2) is 24.3 Å². The summed E-state index contributed by atoms with van der Waals surface area (Å²) in [6, 6.07) is 6.43. The lowest BCUT2D eigenvalue weighted by atomic mass is 10.1. The molecule has 5 atom stereocenters. The molecule has 1 aromatic rings. The average molecular weight is 408 g/mol. The van der Waals surface area contributed by atoms with Crippen LogP contribution in [0.3, 0.4) is 0 Å². The summed E-state index contributed by atoms with van der Waals surface area (Å²) in [5.74, 6) is -0.433. The minimum atomic E-state index is -0.695. The van der Waals surface area contributed by atoms with Crippen molar-refractivity contribution in [1.29, 1.82) is 0 Å². The second-order valence-electron chi connectivity index (χ2n) is 8.06. The monoisotopic (exact) mass is 408 g/mol. The molecule has 1 amide bonds. The van der Waals surface area contributed by atoms with Crippen molar-refractivity contribution in [2.24, 2.45) is 0 Å². The molecule has 160 valence electrons. The van der Waals surface area contributed by atoms with Gasteiger partial charge >= 0.3 is 0 Å². The Morgan fingerprint density at radius 1 is 1.17 bits per heavy atom. The standard InChI is InChI=1S/C21H29FN2O5/c22-14-3-1-13(2-4-14)11-24-19(25)10-16-9-17-21(28-16)20(26)18(29-17)12-23-15-5-7-27-8-6-15/h1-4,15-18,20-21,23,26H,5-12H2,(H,24,25). The SMILES string of the molecule is O=C(CC1CC2OC(CNC3CCOCC3)C(O)C2O1)NCc1ccc(F)cc1. The van der Waals surface area contributed by atoms with E-state index in [-0.39, 0.29) is 42.6 Å². The van der Waals surface area contributed by atoms with Gasteiger partial charge in [-0.1, -0.05) is 12.1 Å². The van der Waals surface area contributed by atoms with Gasteiger partial charge in [-0.2, -0.15) is 0 Å². The summed E-state index contributed by atoms with van der Waals surface area (Å²) < 4.78 is 30.2. The van der Waals surface area contributed by atoms with Crippen LogP contribution >= 0.6 is 0 Å². The molecule has 0 spiro atoms. The van der Waals surface area contributed by atoms with Gasteiger partial charge in [0.25, 0.3) is 0 Å². The zero-order valence-corrected chi connectivity index (χ0v) is 16.4. The van der Waals surface area contributed by atoms with Crippen LogP contribution in [0.25, 0.3) is 0 Å². The van der Waals surface area contributed by atoms with Crippen LogP contribution in [-0.4, -0.2) is 67.3 Å². The number of carbonyl (C=O) groups is 1. The Kier molecular flexibility index (Phi) is 6.77. The molecular weight excluding hydrogens is 379 g/mol. The van der Waals surface area contributed by atoms with Crippen LogP contribution in [0.1, 0.15) is 31.2 Å². The maximum Gasteiger partial charge on any atom is 0.222 e. The molecule has 0 aromatic heterocycles. The minimum absolute atomic E-state index is 0.133. The molecule has 8 heteroatoms. The lowest BCUT2D eigenvalue weighted by molar-refractivity contribution is -0.124. The fourth-order valence-corrected chi connectivity index (χ4v) is 4.28. The van der Waals surface area contributed by atoms with Crippen LogP contribution < -0.4 is 10.6 Å². The molecule has 1 aromatic carbocycles. The van der Waals surface area contributed by atoms with Crippen molar-refractivity contribution in [3.8, 4) is 0 Å². The van der Waals surface area contributed by atoms with Crippen molar-refractivity contribution in [3.63, 3.8) is 0 Å². The third-order valence-electron chi connectivity index (χ3n) is 5.92. The Morgan fingerprint density at radius 3 is 2.66 bits per heavy atom. The van der Waals surface area contributed by atoms with Gasteiger partial charge in [0.1, 0.15) is 18.0 Å². The van der Waals surface area contributed by atoms with E-state index in [1.807, 2.05) is 0 Å². The predicted octanol–water partition coefficient (Wildman–Crippen LogP) is 0.886. The van der Waals surface area contributed by atoms with Gasteiger partial charge in [-0.25, -0.2) is 4.39 Å². The Hall–Kier alpha value is -1.58. The molecule has 5 unspecified atom stereocenters. The lowest BCUT2D eigenvalue weighted by Gasteiger charge is -2.26. The molecule has 3 saturated heterocycles. The van der Waals surface area contributed by atoms with Crippen LogP contribution in [0, 0.1) is 5.82 Å². The van der Waals surface area contributed by atoms with E-state index in [1.54, 1.807) is 12.1 Å². The molecule has 29 heavy (non-hydrogen) atoms. The summed E-state index contributed by atoms with van der Waals surface area (Å²) in [6.45, 7) is 2.47. The first-order valence-electron chi connectivity index (χ1n) is 10.4. The molecule has 3 N–H and O–H groups in total. The van der Waals surface area contributed by atoms with E-state index >= 15 is 0 Å². The number of halogens is 1. The fourth-order valence-electron chi connectivity index (χ4n) is 4.28. The van der Waals surface area contributed by atoms with Crippen LogP contribution in [0.4, 0.5) is 4.39 Å². The van der Waals surface area contributed by atoms with Crippen LogP contribution in [-0.2, 0) is 25.5 Å². The van der Waals surface area contributed by atoms with E-state index in [0.29, 0.717) is 25.6 Å². The molecule has 0 aliphatic carbocycles. The number of fused-ring (bicyclic) bond motifs is 1. The molecule has 4 rings (SSSR count). The third-order valence-corrected chi connectivity index (χ3v) is 5.92. The number of ether oxygens (including phenoxy) is 3. The number of aliphatic hydroxyl groups excluding tert-OH is 1. The van der Waals surface area contributed by atoms with Gasteiger partial charge in [0, 0.05) is 38.8 Å². The van der Waals surface area contributed by atoms with E-state index in [4.69, 9.17) is 14.2 Å². The highest BCUT2D eigenvalue weighted by molar-refractivity contribution is 5.76. The molecule has 0 bridgehead atoms. The van der Waals surface area contributed by atoms with E-state index in [0.717, 1.165) is 31.6 Å². The first-order valence-corrected chi connectivity index (χ1v) is 10.4. The van der Waals surface area contributed by atoms with E-state index in [2.05, 4.69) is 10.6 Å².